The van der Waals surface area contributed by atoms with Crippen LogP contribution in [0.25, 0.3) is 0 Å². The number of carbonyl (C=O) groups excluding carboxylic acids is 5. The van der Waals surface area contributed by atoms with Crippen LogP contribution in [0.4, 0.5) is 0 Å². The number of carboxylic acids is 2. The molecule has 1 aromatic rings. The summed E-state index contributed by atoms with van der Waals surface area (Å²) in [6.07, 6.45) is -0.730. The van der Waals surface area contributed by atoms with Gasteiger partial charge in [-0.15, -0.1) is 0 Å². The molecule has 23 heteroatoms. The van der Waals surface area contributed by atoms with E-state index in [4.69, 9.17) is 28.7 Å². The fraction of sp³-hybridized carbons (Fsp3) is 0.516. The van der Waals surface area contributed by atoms with Gasteiger partial charge in [0.05, 0.1) is 19.1 Å². The Morgan fingerprint density at radius 2 is 1.13 bits per heavy atom. The maximum absolute atomic E-state index is 13.3. The highest BCUT2D eigenvalue weighted by Gasteiger charge is 2.32. The molecule has 0 radical (unpaired) electrons. The molecule has 0 aliphatic carbocycles. The minimum Gasteiger partial charge on any atom is -0.508 e. The number of hydrogen-bond donors (Lipinski definition) is 14. The van der Waals surface area contributed by atoms with Crippen molar-refractivity contribution in [3.05, 3.63) is 29.8 Å². The van der Waals surface area contributed by atoms with Crippen molar-refractivity contribution in [3.8, 4) is 5.75 Å². The van der Waals surface area contributed by atoms with Crippen molar-refractivity contribution in [2.24, 2.45) is 38.7 Å². The molecule has 0 heterocycles. The molecule has 0 spiro atoms. The number of guanidine groups is 2. The summed E-state index contributed by atoms with van der Waals surface area (Å²) in [7, 11) is 0. The van der Waals surface area contributed by atoms with E-state index >= 15 is 0 Å². The third-order valence-corrected chi connectivity index (χ3v) is 7.45. The van der Waals surface area contributed by atoms with Gasteiger partial charge in [0.1, 0.15) is 36.0 Å². The number of nitrogens with zero attached hydrogens (tertiary/aromatic N) is 2. The maximum atomic E-state index is 13.3. The van der Waals surface area contributed by atoms with Crippen LogP contribution in [0, 0.1) is 0 Å². The predicted octanol–water partition coefficient (Wildman–Crippen LogP) is -5.64. The highest BCUT2D eigenvalue weighted by molar-refractivity contribution is 5.97. The Bertz CT molecular complexity index is 1520. The first-order valence-corrected chi connectivity index (χ1v) is 16.6. The first-order valence-electron chi connectivity index (χ1n) is 16.6. The van der Waals surface area contributed by atoms with E-state index in [0.29, 0.717) is 5.56 Å². The van der Waals surface area contributed by atoms with Crippen LogP contribution < -0.4 is 55.3 Å². The number of benzene rings is 1. The first kappa shape index (κ1) is 45.8. The van der Waals surface area contributed by atoms with Gasteiger partial charge in [-0.2, -0.15) is 0 Å². The molecule has 0 fully saturated rings. The van der Waals surface area contributed by atoms with Gasteiger partial charge in [0, 0.05) is 13.1 Å². The van der Waals surface area contributed by atoms with Crippen LogP contribution in [0.1, 0.15) is 44.6 Å². The number of phenolic OH excluding ortho intramolecular Hbond substituents is 1. The zero-order chi connectivity index (χ0) is 41.0. The number of aliphatic hydroxyl groups is 1. The smallest absolute Gasteiger partial charge is 0.326 e. The molecule has 1 rings (SSSR count). The second kappa shape index (κ2) is 23.4. The number of phenols is 1. The molecule has 0 saturated carbocycles. The maximum Gasteiger partial charge on any atom is 0.326 e. The number of rotatable bonds is 24. The Labute approximate surface area is 309 Å². The molecule has 1 aromatic carbocycles. The SMILES string of the molecule is CC(NC(=O)C(CCCN=C(N)N)NC(=O)C(N)Cc1ccc(O)cc1)C(=O)NC(CC(=O)O)C(=O)NC(CO)C(=O)NC(CCCN=C(N)N)C(=O)O. The van der Waals surface area contributed by atoms with Gasteiger partial charge in [0.25, 0.3) is 0 Å². The summed E-state index contributed by atoms with van der Waals surface area (Å²) in [6, 6.07) is -2.89. The number of nitrogens with one attached hydrogen (secondary N) is 5. The lowest BCUT2D eigenvalue weighted by Crippen LogP contribution is -2.59. The number of aromatic hydroxyl groups is 1. The molecule has 19 N–H and O–H groups in total. The molecule has 23 nitrogen and oxygen atoms in total. The molecule has 54 heavy (non-hydrogen) atoms. The van der Waals surface area contributed by atoms with E-state index in [1.807, 2.05) is 0 Å². The van der Waals surface area contributed by atoms with Gasteiger partial charge < -0.3 is 75.7 Å². The zero-order valence-electron chi connectivity index (χ0n) is 29.6. The van der Waals surface area contributed by atoms with Gasteiger partial charge in [-0.05, 0) is 56.7 Å². The molecule has 6 unspecified atom stereocenters. The molecule has 0 aliphatic rings. The molecule has 0 bridgehead atoms. The lowest BCUT2D eigenvalue weighted by atomic mass is 10.0. The average Bonchev–Trinajstić information content (AvgIpc) is 3.09. The molecular formula is C31H50N12O11. The number of hydrogen-bond acceptors (Lipinski definition) is 12. The summed E-state index contributed by atoms with van der Waals surface area (Å²) >= 11 is 0. The lowest BCUT2D eigenvalue weighted by molar-refractivity contribution is -0.143. The molecule has 300 valence electrons. The van der Waals surface area contributed by atoms with Gasteiger partial charge in [-0.3, -0.25) is 38.8 Å². The highest BCUT2D eigenvalue weighted by atomic mass is 16.4. The van der Waals surface area contributed by atoms with E-state index in [0.717, 1.165) is 0 Å². The van der Waals surface area contributed by atoms with Crippen LogP contribution in [-0.4, -0.2) is 130 Å². The molecule has 5 amide bonds. The summed E-state index contributed by atoms with van der Waals surface area (Å²) in [5.74, 6) is -8.36. The third-order valence-electron chi connectivity index (χ3n) is 7.45. The average molecular weight is 767 g/mol. The standard InChI is InChI=1S/C31H50N12O11/c1-15(39-26(50)19(4-2-10-37-30(33)34)40-25(49)18(32)12-16-6-8-17(45)9-7-16)24(48)42-21(13-23(46)47)27(51)43-22(14-44)28(52)41-20(29(53)54)5-3-11-38-31(35)36/h6-9,15,18-22,44-45H,2-5,10-14,32H2,1H3,(H,39,50)(H,40,49)(H,41,52)(H,42,48)(H,43,51)(H,46,47)(H,53,54)(H4,33,34,37)(H4,35,36,38). The number of carboxylic acid groups (broad SMARTS) is 2. The normalized spacial score (nSPS) is 14.0. The second-order valence-electron chi connectivity index (χ2n) is 12.0. The Hall–Kier alpha value is -6.23. The zero-order valence-corrected chi connectivity index (χ0v) is 29.6. The van der Waals surface area contributed by atoms with Crippen LogP contribution in [0.15, 0.2) is 34.3 Å². The van der Waals surface area contributed by atoms with E-state index in [1.54, 1.807) is 12.1 Å². The third kappa shape index (κ3) is 17.8. The fourth-order valence-corrected chi connectivity index (χ4v) is 4.59. The van der Waals surface area contributed by atoms with Gasteiger partial charge in [0.2, 0.25) is 29.5 Å². The first-order chi connectivity index (χ1) is 25.3. The Morgan fingerprint density at radius 1 is 0.667 bits per heavy atom. The van der Waals surface area contributed by atoms with Crippen LogP contribution in [0.5, 0.6) is 5.75 Å². The minimum absolute atomic E-state index is 0.0116. The number of aliphatic hydroxyl groups excluding tert-OH is 1. The van der Waals surface area contributed by atoms with E-state index in [2.05, 4.69) is 36.6 Å². The van der Waals surface area contributed by atoms with Gasteiger partial charge >= 0.3 is 11.9 Å². The van der Waals surface area contributed by atoms with Crippen molar-refractivity contribution in [3.63, 3.8) is 0 Å². The second-order valence-corrected chi connectivity index (χ2v) is 12.0. The Morgan fingerprint density at radius 3 is 1.63 bits per heavy atom. The van der Waals surface area contributed by atoms with Crippen molar-refractivity contribution in [2.45, 2.75) is 81.7 Å². The number of aliphatic carboxylic acids is 2. The summed E-state index contributed by atoms with van der Waals surface area (Å²) in [5, 5.41) is 49.4. The van der Waals surface area contributed by atoms with Gasteiger partial charge in [0.15, 0.2) is 11.9 Å². The number of nitrogens with two attached hydrogens (primary N) is 5. The highest BCUT2D eigenvalue weighted by Crippen LogP contribution is 2.11. The summed E-state index contributed by atoms with van der Waals surface area (Å²) < 4.78 is 0. The van der Waals surface area contributed by atoms with Crippen molar-refractivity contribution in [1.82, 2.24) is 26.6 Å². The predicted molar refractivity (Wildman–Crippen MR) is 192 cm³/mol. The van der Waals surface area contributed by atoms with Crippen LogP contribution >= 0.6 is 0 Å². The number of aliphatic imine (C=N–C) groups is 2. The van der Waals surface area contributed by atoms with E-state index < -0.39 is 90.8 Å². The molecule has 0 aliphatic heterocycles. The minimum atomic E-state index is -1.83. The van der Waals surface area contributed by atoms with Crippen LogP contribution in [-0.2, 0) is 40.0 Å². The Balaban J connectivity index is 3.00. The topological polar surface area (TPSA) is 415 Å². The Kier molecular flexibility index (Phi) is 19.8. The van der Waals surface area contributed by atoms with Gasteiger partial charge in [-0.25, -0.2) is 4.79 Å². The number of amides is 5. The van der Waals surface area contributed by atoms with Crippen LogP contribution in [0.2, 0.25) is 0 Å². The number of carbonyl (C=O) groups is 7. The van der Waals surface area contributed by atoms with E-state index in [9.17, 15) is 54.0 Å². The molecule has 0 saturated heterocycles. The van der Waals surface area contributed by atoms with Crippen molar-refractivity contribution in [2.75, 3.05) is 19.7 Å². The summed E-state index contributed by atoms with van der Waals surface area (Å²) in [6.45, 7) is 0.323. The largest absolute Gasteiger partial charge is 0.508 e. The quantitative estimate of drug-likeness (QED) is 0.0265. The molecule has 6 atom stereocenters. The summed E-state index contributed by atoms with van der Waals surface area (Å²) in [5.41, 5.74) is 27.8. The van der Waals surface area contributed by atoms with Crippen molar-refractivity contribution >= 4 is 53.4 Å². The monoisotopic (exact) mass is 766 g/mol. The molecular weight excluding hydrogens is 716 g/mol. The van der Waals surface area contributed by atoms with Crippen molar-refractivity contribution < 1.29 is 54.0 Å². The van der Waals surface area contributed by atoms with Crippen molar-refractivity contribution in [1.29, 1.82) is 0 Å². The van der Waals surface area contributed by atoms with Gasteiger partial charge in [-0.1, -0.05) is 12.1 Å². The van der Waals surface area contributed by atoms with E-state index in [-0.39, 0.29) is 62.9 Å². The summed E-state index contributed by atoms with van der Waals surface area (Å²) in [4.78, 5) is 95.8. The lowest BCUT2D eigenvalue weighted by Gasteiger charge is -2.25. The van der Waals surface area contributed by atoms with Crippen LogP contribution in [0.3, 0.4) is 0 Å². The molecule has 0 aromatic heterocycles. The fourth-order valence-electron chi connectivity index (χ4n) is 4.59. The van der Waals surface area contributed by atoms with E-state index in [1.165, 1.54) is 19.1 Å².